The van der Waals surface area contributed by atoms with Gasteiger partial charge in [-0.25, -0.2) is 0 Å². The first-order valence-electron chi connectivity index (χ1n) is 6.50. The highest BCUT2D eigenvalue weighted by atomic mass is 19.1. The summed E-state index contributed by atoms with van der Waals surface area (Å²) in [5.41, 5.74) is 2.51. The van der Waals surface area contributed by atoms with Crippen LogP contribution in [0.4, 0.5) is 4.39 Å². The zero-order valence-corrected chi connectivity index (χ0v) is 11.6. The first kappa shape index (κ1) is 14.8. The third kappa shape index (κ3) is 4.21. The predicted octanol–water partition coefficient (Wildman–Crippen LogP) is 4.08. The van der Waals surface area contributed by atoms with E-state index in [9.17, 15) is 4.39 Å². The van der Waals surface area contributed by atoms with Crippen molar-refractivity contribution in [1.82, 2.24) is 0 Å². The van der Waals surface area contributed by atoms with Crippen LogP contribution in [0, 0.1) is 6.92 Å². The highest BCUT2D eigenvalue weighted by Crippen LogP contribution is 2.30. The zero-order valence-electron chi connectivity index (χ0n) is 11.6. The van der Waals surface area contributed by atoms with Gasteiger partial charge in [0.15, 0.2) is 11.5 Å². The lowest BCUT2D eigenvalue weighted by atomic mass is 10.0. The minimum Gasteiger partial charge on any atom is -0.493 e. The fourth-order valence-corrected chi connectivity index (χ4v) is 2.06. The van der Waals surface area contributed by atoms with Crippen molar-refractivity contribution in [3.8, 4) is 11.5 Å². The van der Waals surface area contributed by atoms with Gasteiger partial charge in [0.05, 0.1) is 20.9 Å². The van der Waals surface area contributed by atoms with E-state index in [2.05, 4.69) is 6.92 Å². The molecule has 0 heterocycles. The highest BCUT2D eigenvalue weighted by molar-refractivity contribution is 5.47. The van der Waals surface area contributed by atoms with Crippen molar-refractivity contribution in [2.75, 3.05) is 20.9 Å². The summed E-state index contributed by atoms with van der Waals surface area (Å²) in [7, 11) is 3.30. The molecule has 0 unspecified atom stereocenters. The van der Waals surface area contributed by atoms with Gasteiger partial charge in [0.2, 0.25) is 0 Å². The van der Waals surface area contributed by atoms with Crippen LogP contribution in [-0.2, 0) is 6.42 Å². The molecule has 0 aliphatic carbocycles. The highest BCUT2D eigenvalue weighted by Gasteiger charge is 2.08. The Hall–Kier alpha value is -1.25. The van der Waals surface area contributed by atoms with E-state index in [1.807, 2.05) is 12.1 Å². The van der Waals surface area contributed by atoms with Crippen LogP contribution in [-0.4, -0.2) is 20.9 Å². The molecule has 18 heavy (non-hydrogen) atoms. The molecule has 0 saturated carbocycles. The fourth-order valence-electron chi connectivity index (χ4n) is 2.06. The van der Waals surface area contributed by atoms with Crippen LogP contribution in [0.15, 0.2) is 12.1 Å². The van der Waals surface area contributed by atoms with Gasteiger partial charge in [-0.3, -0.25) is 4.39 Å². The predicted molar refractivity (Wildman–Crippen MR) is 72.4 cm³/mol. The molecule has 2 nitrogen and oxygen atoms in total. The molecule has 0 saturated heterocycles. The number of hydrogen-bond acceptors (Lipinski definition) is 2. The number of rotatable bonds is 8. The Kier molecular flexibility index (Phi) is 6.55. The van der Waals surface area contributed by atoms with Crippen LogP contribution in [0.2, 0.25) is 0 Å². The Morgan fingerprint density at radius 3 is 2.17 bits per heavy atom. The Bertz CT molecular complexity index is 364. The summed E-state index contributed by atoms with van der Waals surface area (Å²) >= 11 is 0. The Labute approximate surface area is 109 Å². The van der Waals surface area contributed by atoms with E-state index < -0.39 is 0 Å². The minimum absolute atomic E-state index is 0.199. The minimum atomic E-state index is -0.199. The monoisotopic (exact) mass is 254 g/mol. The molecule has 0 aliphatic rings. The molecular formula is C15H23FO2. The van der Waals surface area contributed by atoms with Crippen LogP contribution >= 0.6 is 0 Å². The van der Waals surface area contributed by atoms with E-state index >= 15 is 0 Å². The first-order valence-corrected chi connectivity index (χ1v) is 6.50. The van der Waals surface area contributed by atoms with E-state index in [1.165, 1.54) is 11.1 Å². The van der Waals surface area contributed by atoms with Crippen molar-refractivity contribution in [1.29, 1.82) is 0 Å². The third-order valence-electron chi connectivity index (χ3n) is 3.17. The van der Waals surface area contributed by atoms with Gasteiger partial charge in [0.1, 0.15) is 0 Å². The number of ether oxygens (including phenoxy) is 2. The van der Waals surface area contributed by atoms with Gasteiger partial charge in [-0.05, 0) is 49.4 Å². The van der Waals surface area contributed by atoms with Crippen molar-refractivity contribution in [2.45, 2.75) is 39.0 Å². The summed E-state index contributed by atoms with van der Waals surface area (Å²) in [4.78, 5) is 0. The second-order valence-electron chi connectivity index (χ2n) is 4.49. The maximum Gasteiger partial charge on any atom is 0.161 e. The van der Waals surface area contributed by atoms with Crippen molar-refractivity contribution in [3.05, 3.63) is 23.3 Å². The SMILES string of the molecule is COc1cc(C)c(CCCCCCF)cc1OC. The van der Waals surface area contributed by atoms with Gasteiger partial charge in [-0.2, -0.15) is 0 Å². The van der Waals surface area contributed by atoms with Crippen LogP contribution in [0.5, 0.6) is 11.5 Å². The maximum atomic E-state index is 12.0. The number of unbranched alkanes of at least 4 members (excludes halogenated alkanes) is 3. The summed E-state index contributed by atoms with van der Waals surface area (Å²) in [5.74, 6) is 1.55. The molecule has 0 atom stereocenters. The Balaban J connectivity index is 2.59. The Morgan fingerprint density at radius 2 is 1.56 bits per heavy atom. The number of methoxy groups -OCH3 is 2. The van der Waals surface area contributed by atoms with Crippen LogP contribution in [0.25, 0.3) is 0 Å². The van der Waals surface area contributed by atoms with Crippen molar-refractivity contribution < 1.29 is 13.9 Å². The molecule has 0 spiro atoms. The van der Waals surface area contributed by atoms with Crippen LogP contribution in [0.1, 0.15) is 36.8 Å². The van der Waals surface area contributed by atoms with Crippen molar-refractivity contribution >= 4 is 0 Å². The molecular weight excluding hydrogens is 231 g/mol. The topological polar surface area (TPSA) is 18.5 Å². The second kappa shape index (κ2) is 7.96. The van der Waals surface area contributed by atoms with Gasteiger partial charge in [0, 0.05) is 0 Å². The molecule has 0 aliphatic heterocycles. The Morgan fingerprint density at radius 1 is 0.944 bits per heavy atom. The normalized spacial score (nSPS) is 10.4. The van der Waals surface area contributed by atoms with Crippen LogP contribution < -0.4 is 9.47 Å². The number of aryl methyl sites for hydroxylation is 2. The largest absolute Gasteiger partial charge is 0.493 e. The molecule has 1 aromatic carbocycles. The quantitative estimate of drug-likeness (QED) is 0.651. The lowest BCUT2D eigenvalue weighted by Gasteiger charge is -2.12. The van der Waals surface area contributed by atoms with Gasteiger partial charge in [-0.15, -0.1) is 0 Å². The standard InChI is InChI=1S/C15H23FO2/c1-12-10-14(17-2)15(18-3)11-13(12)8-6-4-5-7-9-16/h10-11H,4-9H2,1-3H3. The summed E-state index contributed by atoms with van der Waals surface area (Å²) in [6, 6.07) is 4.05. The number of alkyl halides is 1. The lowest BCUT2D eigenvalue weighted by Crippen LogP contribution is -1.96. The van der Waals surface area contributed by atoms with E-state index in [4.69, 9.17) is 9.47 Å². The van der Waals surface area contributed by atoms with E-state index in [-0.39, 0.29) is 6.67 Å². The zero-order chi connectivity index (χ0) is 13.4. The van der Waals surface area contributed by atoms with E-state index in [0.717, 1.165) is 37.2 Å². The fraction of sp³-hybridized carbons (Fsp3) is 0.600. The average Bonchev–Trinajstić information content (AvgIpc) is 2.39. The molecule has 0 N–H and O–H groups in total. The molecule has 1 aromatic rings. The second-order valence-corrected chi connectivity index (χ2v) is 4.49. The smallest absolute Gasteiger partial charge is 0.161 e. The molecule has 1 rings (SSSR count). The maximum absolute atomic E-state index is 12.0. The molecule has 0 aromatic heterocycles. The molecule has 3 heteroatoms. The first-order chi connectivity index (χ1) is 8.72. The van der Waals surface area contributed by atoms with Crippen LogP contribution in [0.3, 0.4) is 0 Å². The molecule has 0 amide bonds. The molecule has 0 radical (unpaired) electrons. The lowest BCUT2D eigenvalue weighted by molar-refractivity contribution is 0.354. The number of benzene rings is 1. The summed E-state index contributed by atoms with van der Waals surface area (Å²) in [6.07, 6.45) is 4.85. The van der Waals surface area contributed by atoms with Gasteiger partial charge >= 0.3 is 0 Å². The summed E-state index contributed by atoms with van der Waals surface area (Å²) < 4.78 is 22.5. The average molecular weight is 254 g/mol. The van der Waals surface area contributed by atoms with Crippen molar-refractivity contribution in [3.63, 3.8) is 0 Å². The summed E-state index contributed by atoms with van der Waals surface area (Å²) in [5, 5.41) is 0. The van der Waals surface area contributed by atoms with E-state index in [0.29, 0.717) is 6.42 Å². The van der Waals surface area contributed by atoms with E-state index in [1.54, 1.807) is 14.2 Å². The van der Waals surface area contributed by atoms with Gasteiger partial charge in [0.25, 0.3) is 0 Å². The molecule has 0 bridgehead atoms. The molecule has 0 fully saturated rings. The summed E-state index contributed by atoms with van der Waals surface area (Å²) in [6.45, 7) is 1.88. The van der Waals surface area contributed by atoms with Gasteiger partial charge < -0.3 is 9.47 Å². The van der Waals surface area contributed by atoms with Gasteiger partial charge in [-0.1, -0.05) is 12.8 Å². The van der Waals surface area contributed by atoms with Crippen molar-refractivity contribution in [2.24, 2.45) is 0 Å². The molecule has 102 valence electrons. The third-order valence-corrected chi connectivity index (χ3v) is 3.17. The number of halogens is 1. The number of hydrogen-bond donors (Lipinski definition) is 0.